The lowest BCUT2D eigenvalue weighted by molar-refractivity contribution is 0.630. The Balaban J connectivity index is 0.00000241. The topological polar surface area (TPSA) is 77.3 Å². The SMILES string of the molecule is Cl.O=c1c2cc(-c3cccc(Cl)c3)oc2ccn1-c1ccc2c(cnn2CCC2=NCCN2)c1. The van der Waals surface area contributed by atoms with Crippen LogP contribution in [0.4, 0.5) is 0 Å². The molecule has 6 rings (SSSR count). The molecule has 0 atom stereocenters. The molecule has 0 bridgehead atoms. The van der Waals surface area contributed by atoms with Gasteiger partial charge in [0.15, 0.2) is 0 Å². The molecule has 4 heterocycles. The Morgan fingerprint density at radius 3 is 2.85 bits per heavy atom. The second kappa shape index (κ2) is 9.00. The zero-order valence-corrected chi connectivity index (χ0v) is 19.6. The normalized spacial score (nSPS) is 13.1. The van der Waals surface area contributed by atoms with Crippen molar-refractivity contribution in [2.45, 2.75) is 13.0 Å². The van der Waals surface area contributed by atoms with Crippen molar-refractivity contribution in [2.24, 2.45) is 4.99 Å². The molecule has 9 heteroatoms. The third kappa shape index (κ3) is 3.97. The molecule has 0 fully saturated rings. The number of hydrogen-bond donors (Lipinski definition) is 1. The zero-order valence-electron chi connectivity index (χ0n) is 18.1. The Bertz CT molecular complexity index is 1600. The van der Waals surface area contributed by atoms with Gasteiger partial charge in [0, 0.05) is 47.4 Å². The van der Waals surface area contributed by atoms with Crippen molar-refractivity contribution in [3.8, 4) is 17.0 Å². The Hall–Kier alpha value is -3.55. The van der Waals surface area contributed by atoms with Crippen LogP contribution in [0.2, 0.25) is 5.02 Å². The molecule has 0 radical (unpaired) electrons. The summed E-state index contributed by atoms with van der Waals surface area (Å²) in [4.78, 5) is 17.7. The molecule has 172 valence electrons. The number of nitrogens with zero attached hydrogens (tertiary/aromatic N) is 4. The van der Waals surface area contributed by atoms with Gasteiger partial charge in [-0.3, -0.25) is 19.0 Å². The first-order chi connectivity index (χ1) is 16.2. The van der Waals surface area contributed by atoms with E-state index in [4.69, 9.17) is 16.0 Å². The fourth-order valence-corrected chi connectivity index (χ4v) is 4.44. The Labute approximate surface area is 206 Å². The van der Waals surface area contributed by atoms with Crippen LogP contribution in [0.15, 0.2) is 81.2 Å². The van der Waals surface area contributed by atoms with E-state index < -0.39 is 0 Å². The number of aromatic nitrogens is 3. The van der Waals surface area contributed by atoms with Gasteiger partial charge in [0.2, 0.25) is 0 Å². The number of fused-ring (bicyclic) bond motifs is 2. The third-order valence-corrected chi connectivity index (χ3v) is 6.14. The van der Waals surface area contributed by atoms with Crippen molar-refractivity contribution in [3.05, 3.63) is 82.4 Å². The maximum Gasteiger partial charge on any atom is 0.266 e. The van der Waals surface area contributed by atoms with Gasteiger partial charge in [-0.25, -0.2) is 0 Å². The number of halogens is 2. The maximum atomic E-state index is 13.3. The minimum absolute atomic E-state index is 0. The van der Waals surface area contributed by atoms with E-state index in [0.29, 0.717) is 21.8 Å². The first-order valence-corrected chi connectivity index (χ1v) is 11.2. The van der Waals surface area contributed by atoms with Crippen LogP contribution in [0.3, 0.4) is 0 Å². The highest BCUT2D eigenvalue weighted by atomic mass is 35.5. The van der Waals surface area contributed by atoms with E-state index in [1.807, 2.05) is 53.3 Å². The van der Waals surface area contributed by atoms with Gasteiger partial charge < -0.3 is 9.73 Å². The van der Waals surface area contributed by atoms with E-state index >= 15 is 0 Å². The van der Waals surface area contributed by atoms with Gasteiger partial charge in [-0.05, 0) is 42.5 Å². The molecule has 1 aliphatic heterocycles. The van der Waals surface area contributed by atoms with E-state index in [1.54, 1.807) is 22.9 Å². The van der Waals surface area contributed by atoms with E-state index in [-0.39, 0.29) is 18.0 Å². The maximum absolute atomic E-state index is 13.3. The predicted molar refractivity (Wildman–Crippen MR) is 138 cm³/mol. The molecule has 1 aliphatic rings. The highest BCUT2D eigenvalue weighted by molar-refractivity contribution is 6.30. The number of nitrogens with one attached hydrogen (secondary N) is 1. The number of pyridine rings is 1. The Morgan fingerprint density at radius 1 is 1.12 bits per heavy atom. The summed E-state index contributed by atoms with van der Waals surface area (Å²) in [6.07, 6.45) is 4.40. The number of aliphatic imine (C=N–C) groups is 1. The van der Waals surface area contributed by atoms with Crippen LogP contribution in [-0.2, 0) is 6.54 Å². The van der Waals surface area contributed by atoms with E-state index in [9.17, 15) is 4.79 Å². The van der Waals surface area contributed by atoms with Gasteiger partial charge >= 0.3 is 0 Å². The minimum Gasteiger partial charge on any atom is -0.456 e. The number of furan rings is 1. The van der Waals surface area contributed by atoms with Gasteiger partial charge in [0.25, 0.3) is 5.56 Å². The van der Waals surface area contributed by atoms with Crippen molar-refractivity contribution in [3.63, 3.8) is 0 Å². The highest BCUT2D eigenvalue weighted by Crippen LogP contribution is 2.28. The van der Waals surface area contributed by atoms with Crippen molar-refractivity contribution < 1.29 is 4.42 Å². The third-order valence-electron chi connectivity index (χ3n) is 5.90. The molecule has 0 unspecified atom stereocenters. The number of benzene rings is 2. The van der Waals surface area contributed by atoms with Crippen LogP contribution in [0, 0.1) is 0 Å². The summed E-state index contributed by atoms with van der Waals surface area (Å²) in [6.45, 7) is 2.51. The molecule has 0 aliphatic carbocycles. The molecule has 0 saturated carbocycles. The van der Waals surface area contributed by atoms with Gasteiger partial charge in [0.1, 0.15) is 11.3 Å². The number of aryl methyl sites for hydroxylation is 1. The molecule has 2 aromatic carbocycles. The predicted octanol–water partition coefficient (Wildman–Crippen LogP) is 5.07. The van der Waals surface area contributed by atoms with Gasteiger partial charge in [-0.2, -0.15) is 5.10 Å². The first kappa shape index (κ1) is 22.3. The lowest BCUT2D eigenvalue weighted by Crippen LogP contribution is -2.20. The van der Waals surface area contributed by atoms with E-state index in [0.717, 1.165) is 54.0 Å². The monoisotopic (exact) mass is 493 g/mol. The van der Waals surface area contributed by atoms with E-state index in [1.165, 1.54) is 0 Å². The first-order valence-electron chi connectivity index (χ1n) is 10.8. The Kier molecular flexibility index (Phi) is 5.89. The quantitative estimate of drug-likeness (QED) is 0.370. The summed E-state index contributed by atoms with van der Waals surface area (Å²) in [5, 5.41) is 9.94. The molecular weight excluding hydrogens is 473 g/mol. The highest BCUT2D eigenvalue weighted by Gasteiger charge is 2.13. The summed E-state index contributed by atoms with van der Waals surface area (Å²) in [6, 6.07) is 16.9. The minimum atomic E-state index is -0.137. The van der Waals surface area contributed by atoms with Crippen molar-refractivity contribution >= 4 is 51.7 Å². The molecular formula is C25H21Cl2N5O2. The summed E-state index contributed by atoms with van der Waals surface area (Å²) < 4.78 is 9.53. The molecule has 5 aromatic rings. The molecule has 0 spiro atoms. The van der Waals surface area contributed by atoms with Crippen LogP contribution in [-0.4, -0.2) is 33.3 Å². The molecule has 3 aromatic heterocycles. The standard InChI is InChI=1S/C25H20ClN5O2.ClH/c26-18-3-1-2-16(12-18)23-14-20-22(33-23)6-10-30(25(20)32)19-4-5-21-17(13-19)15-29-31(21)11-7-24-27-8-9-28-24;/h1-6,10,12-15H,7-9,11H2,(H,27,28);1H. The van der Waals surface area contributed by atoms with Crippen molar-refractivity contribution in [1.82, 2.24) is 19.7 Å². The molecule has 7 nitrogen and oxygen atoms in total. The molecule has 0 saturated heterocycles. The summed E-state index contributed by atoms with van der Waals surface area (Å²) in [7, 11) is 0. The van der Waals surface area contributed by atoms with Crippen LogP contribution >= 0.6 is 24.0 Å². The second-order valence-electron chi connectivity index (χ2n) is 8.01. The van der Waals surface area contributed by atoms with Crippen LogP contribution < -0.4 is 10.9 Å². The average Bonchev–Trinajstić information content (AvgIpc) is 3.57. The largest absolute Gasteiger partial charge is 0.456 e. The Morgan fingerprint density at radius 2 is 2.03 bits per heavy atom. The van der Waals surface area contributed by atoms with Crippen LogP contribution in [0.25, 0.3) is 38.9 Å². The number of hydrogen-bond acceptors (Lipinski definition) is 5. The summed E-state index contributed by atoms with van der Waals surface area (Å²) >= 11 is 6.11. The zero-order chi connectivity index (χ0) is 22.4. The average molecular weight is 494 g/mol. The fraction of sp³-hybridized carbons (Fsp3) is 0.160. The number of amidine groups is 1. The van der Waals surface area contributed by atoms with Gasteiger partial charge in [-0.15, -0.1) is 12.4 Å². The number of rotatable bonds is 5. The molecule has 1 N–H and O–H groups in total. The van der Waals surface area contributed by atoms with Gasteiger partial charge in [0.05, 0.1) is 29.5 Å². The van der Waals surface area contributed by atoms with E-state index in [2.05, 4.69) is 15.4 Å². The van der Waals surface area contributed by atoms with Crippen molar-refractivity contribution in [2.75, 3.05) is 13.1 Å². The summed E-state index contributed by atoms with van der Waals surface area (Å²) in [5.41, 5.74) is 3.04. The van der Waals surface area contributed by atoms with Gasteiger partial charge in [-0.1, -0.05) is 23.7 Å². The molecule has 0 amide bonds. The van der Waals surface area contributed by atoms with Crippen LogP contribution in [0.1, 0.15) is 6.42 Å². The second-order valence-corrected chi connectivity index (χ2v) is 8.44. The summed E-state index contributed by atoms with van der Waals surface area (Å²) in [5.74, 6) is 1.65. The lowest BCUT2D eigenvalue weighted by Gasteiger charge is -2.07. The smallest absolute Gasteiger partial charge is 0.266 e. The van der Waals surface area contributed by atoms with Crippen molar-refractivity contribution in [1.29, 1.82) is 0 Å². The lowest BCUT2D eigenvalue weighted by atomic mass is 10.1. The molecule has 34 heavy (non-hydrogen) atoms. The van der Waals surface area contributed by atoms with Crippen LogP contribution in [0.5, 0.6) is 0 Å². The fourth-order valence-electron chi connectivity index (χ4n) is 4.25.